The van der Waals surface area contributed by atoms with E-state index >= 15 is 0 Å². The van der Waals surface area contributed by atoms with Crippen LogP contribution in [0.1, 0.15) is 54.4 Å². The van der Waals surface area contributed by atoms with Gasteiger partial charge in [-0.15, -0.1) is 0 Å². The lowest BCUT2D eigenvalue weighted by Crippen LogP contribution is -2.59. The van der Waals surface area contributed by atoms with Crippen LogP contribution in [0.5, 0.6) is 0 Å². The van der Waals surface area contributed by atoms with Crippen LogP contribution in [-0.4, -0.2) is 64.0 Å². The molecule has 178 valence electrons. The maximum absolute atomic E-state index is 12.7. The highest BCUT2D eigenvalue weighted by Gasteiger charge is 2.33. The molecule has 0 fully saturated rings. The third-order valence-electron chi connectivity index (χ3n) is 4.60. The number of rotatable bonds is 13. The van der Waals surface area contributed by atoms with Crippen LogP contribution < -0.4 is 21.7 Å². The van der Waals surface area contributed by atoms with Crippen LogP contribution >= 0.6 is 0 Å². The summed E-state index contributed by atoms with van der Waals surface area (Å²) in [5, 5.41) is 25.6. The van der Waals surface area contributed by atoms with Crippen molar-refractivity contribution in [1.82, 2.24) is 16.0 Å². The van der Waals surface area contributed by atoms with E-state index in [4.69, 9.17) is 10.8 Å². The molecule has 0 aromatic carbocycles. The predicted molar refractivity (Wildman–Crippen MR) is 113 cm³/mol. The Morgan fingerprint density at radius 1 is 0.742 bits per heavy atom. The van der Waals surface area contributed by atoms with E-state index in [0.29, 0.717) is 0 Å². The van der Waals surface area contributed by atoms with Gasteiger partial charge in [-0.3, -0.25) is 19.2 Å². The second kappa shape index (κ2) is 12.9. The first-order chi connectivity index (χ1) is 14.2. The summed E-state index contributed by atoms with van der Waals surface area (Å²) >= 11 is 0. The molecule has 0 aliphatic rings. The van der Waals surface area contributed by atoms with E-state index in [1.807, 2.05) is 13.8 Å². The second-order valence-corrected chi connectivity index (χ2v) is 8.69. The number of hydrogen-bond donors (Lipinski definition) is 6. The molecule has 0 saturated heterocycles. The van der Waals surface area contributed by atoms with Crippen molar-refractivity contribution in [3.05, 3.63) is 0 Å². The fourth-order valence-corrected chi connectivity index (χ4v) is 2.70. The number of nitrogens with two attached hydrogens (primary N) is 1. The maximum Gasteiger partial charge on any atom is 0.326 e. The number of amides is 3. The van der Waals surface area contributed by atoms with Gasteiger partial charge in [0.2, 0.25) is 17.7 Å². The van der Waals surface area contributed by atoms with Gasteiger partial charge in [-0.25, -0.2) is 4.79 Å². The minimum absolute atomic E-state index is 0.00816. The SMILES string of the molecule is CC(C)CC(NC(=O)C(NC(=O)C(CC(=O)O)NC(=O)C(N)C(C)C)C(C)C)C(=O)O. The number of nitrogens with one attached hydrogen (secondary N) is 3. The molecule has 0 aromatic rings. The van der Waals surface area contributed by atoms with Gasteiger partial charge in [0, 0.05) is 0 Å². The molecule has 0 heterocycles. The smallest absolute Gasteiger partial charge is 0.326 e. The average molecular weight is 445 g/mol. The second-order valence-electron chi connectivity index (χ2n) is 8.69. The molecule has 0 bridgehead atoms. The van der Waals surface area contributed by atoms with Gasteiger partial charge in [0.15, 0.2) is 0 Å². The Bertz CT molecular complexity index is 664. The summed E-state index contributed by atoms with van der Waals surface area (Å²) < 4.78 is 0. The number of carbonyl (C=O) groups is 5. The van der Waals surface area contributed by atoms with Crippen LogP contribution in [0, 0.1) is 17.8 Å². The van der Waals surface area contributed by atoms with Crippen molar-refractivity contribution in [3.8, 4) is 0 Å². The summed E-state index contributed by atoms with van der Waals surface area (Å²) in [7, 11) is 0. The van der Waals surface area contributed by atoms with Gasteiger partial charge in [0.25, 0.3) is 0 Å². The van der Waals surface area contributed by atoms with Crippen LogP contribution in [0.25, 0.3) is 0 Å². The van der Waals surface area contributed by atoms with Crippen LogP contribution in [0.3, 0.4) is 0 Å². The Kier molecular flexibility index (Phi) is 11.8. The van der Waals surface area contributed by atoms with Crippen molar-refractivity contribution in [3.63, 3.8) is 0 Å². The Balaban J connectivity index is 5.46. The zero-order chi connectivity index (χ0) is 24.5. The molecule has 4 unspecified atom stereocenters. The Morgan fingerprint density at radius 3 is 1.65 bits per heavy atom. The van der Waals surface area contributed by atoms with Crippen LogP contribution in [0.4, 0.5) is 0 Å². The number of aliphatic carboxylic acids is 2. The molecule has 0 radical (unpaired) electrons. The lowest BCUT2D eigenvalue weighted by molar-refractivity contribution is -0.144. The number of carboxylic acids is 2. The largest absolute Gasteiger partial charge is 0.481 e. The minimum atomic E-state index is -1.45. The third kappa shape index (κ3) is 10.3. The lowest BCUT2D eigenvalue weighted by atomic mass is 9.99. The monoisotopic (exact) mass is 444 g/mol. The molecule has 0 rings (SSSR count). The van der Waals surface area contributed by atoms with Gasteiger partial charge in [-0.1, -0.05) is 41.5 Å². The Morgan fingerprint density at radius 2 is 1.26 bits per heavy atom. The maximum atomic E-state index is 12.7. The van der Waals surface area contributed by atoms with Gasteiger partial charge in [0.1, 0.15) is 18.1 Å². The molecule has 3 amide bonds. The predicted octanol–water partition coefficient (Wildman–Crippen LogP) is -0.314. The van der Waals surface area contributed by atoms with Crippen molar-refractivity contribution in [2.24, 2.45) is 23.5 Å². The van der Waals surface area contributed by atoms with Gasteiger partial charge >= 0.3 is 11.9 Å². The highest BCUT2D eigenvalue weighted by molar-refractivity contribution is 5.95. The molecule has 7 N–H and O–H groups in total. The summed E-state index contributed by atoms with van der Waals surface area (Å²) in [6, 6.07) is -4.66. The number of hydrogen-bond acceptors (Lipinski definition) is 6. The van der Waals surface area contributed by atoms with Crippen LogP contribution in [0.15, 0.2) is 0 Å². The zero-order valence-corrected chi connectivity index (χ0v) is 19.0. The number of carbonyl (C=O) groups excluding carboxylic acids is 3. The summed E-state index contributed by atoms with van der Waals surface area (Å²) in [6.45, 7) is 10.3. The fourth-order valence-electron chi connectivity index (χ4n) is 2.70. The molecular formula is C20H36N4O7. The van der Waals surface area contributed by atoms with Gasteiger partial charge in [-0.05, 0) is 24.2 Å². The lowest BCUT2D eigenvalue weighted by Gasteiger charge is -2.27. The standard InChI is InChI=1S/C20H36N4O7/c1-9(2)7-13(20(30)31)23-19(29)16(11(5)6)24-17(27)12(8-14(25)26)22-18(28)15(21)10(3)4/h9-13,15-16H,7-8,21H2,1-6H3,(H,22,28)(H,23,29)(H,24,27)(H,25,26)(H,30,31). The molecule has 0 aliphatic heterocycles. The van der Waals surface area contributed by atoms with E-state index in [2.05, 4.69) is 16.0 Å². The van der Waals surface area contributed by atoms with Crippen LogP contribution in [0.2, 0.25) is 0 Å². The average Bonchev–Trinajstić information content (AvgIpc) is 2.62. The van der Waals surface area contributed by atoms with Crippen molar-refractivity contribution >= 4 is 29.7 Å². The van der Waals surface area contributed by atoms with Crippen molar-refractivity contribution in [2.45, 2.75) is 78.6 Å². The summed E-state index contributed by atoms with van der Waals surface area (Å²) in [5.74, 6) is -5.47. The molecule has 11 heteroatoms. The molecule has 11 nitrogen and oxygen atoms in total. The van der Waals surface area contributed by atoms with E-state index in [0.717, 1.165) is 0 Å². The van der Waals surface area contributed by atoms with E-state index in [9.17, 15) is 29.1 Å². The first-order valence-corrected chi connectivity index (χ1v) is 10.3. The summed E-state index contributed by atoms with van der Waals surface area (Å²) in [5.41, 5.74) is 5.75. The normalized spacial score (nSPS) is 15.2. The Hall–Kier alpha value is -2.69. The summed E-state index contributed by atoms with van der Waals surface area (Å²) in [4.78, 5) is 60.2. The van der Waals surface area contributed by atoms with Crippen molar-refractivity contribution in [2.75, 3.05) is 0 Å². The molecule has 0 aliphatic carbocycles. The minimum Gasteiger partial charge on any atom is -0.481 e. The van der Waals surface area contributed by atoms with Gasteiger partial charge in [-0.2, -0.15) is 0 Å². The highest BCUT2D eigenvalue weighted by Crippen LogP contribution is 2.09. The van der Waals surface area contributed by atoms with E-state index in [1.165, 1.54) is 0 Å². The first-order valence-electron chi connectivity index (χ1n) is 10.3. The van der Waals surface area contributed by atoms with Crippen molar-refractivity contribution < 1.29 is 34.2 Å². The summed E-state index contributed by atoms with van der Waals surface area (Å²) in [6.07, 6.45) is -0.509. The fraction of sp³-hybridized carbons (Fsp3) is 0.750. The first kappa shape index (κ1) is 28.3. The third-order valence-corrected chi connectivity index (χ3v) is 4.60. The Labute approximate surface area is 182 Å². The van der Waals surface area contributed by atoms with Gasteiger partial charge < -0.3 is 31.9 Å². The van der Waals surface area contributed by atoms with Crippen LogP contribution in [-0.2, 0) is 24.0 Å². The molecular weight excluding hydrogens is 408 g/mol. The number of carboxylic acid groups (broad SMARTS) is 2. The van der Waals surface area contributed by atoms with E-state index < -0.39 is 66.2 Å². The molecule has 31 heavy (non-hydrogen) atoms. The molecule has 0 spiro atoms. The highest BCUT2D eigenvalue weighted by atomic mass is 16.4. The van der Waals surface area contributed by atoms with E-state index in [-0.39, 0.29) is 18.3 Å². The molecule has 0 aromatic heterocycles. The zero-order valence-electron chi connectivity index (χ0n) is 19.0. The topological polar surface area (TPSA) is 188 Å². The van der Waals surface area contributed by atoms with Gasteiger partial charge in [0.05, 0.1) is 12.5 Å². The molecule has 4 atom stereocenters. The quantitative estimate of drug-likeness (QED) is 0.223. The van der Waals surface area contributed by atoms with Crippen molar-refractivity contribution in [1.29, 1.82) is 0 Å². The molecule has 0 saturated carbocycles. The van der Waals surface area contributed by atoms with E-state index in [1.54, 1.807) is 27.7 Å².